The Hall–Kier alpha value is -3.35. The van der Waals surface area contributed by atoms with Crippen molar-refractivity contribution in [2.24, 2.45) is 5.92 Å². The number of aromatic nitrogens is 1. The van der Waals surface area contributed by atoms with Gasteiger partial charge in [0.1, 0.15) is 6.54 Å². The fourth-order valence-electron chi connectivity index (χ4n) is 4.32. The maximum Gasteiger partial charge on any atom is 0.247 e. The van der Waals surface area contributed by atoms with Gasteiger partial charge in [-0.1, -0.05) is 74.0 Å². The molecule has 2 aromatic carbocycles. The molecule has 2 amide bonds. The van der Waals surface area contributed by atoms with Gasteiger partial charge in [-0.2, -0.15) is 0 Å². The second-order valence-corrected chi connectivity index (χ2v) is 10.3. The van der Waals surface area contributed by atoms with Crippen LogP contribution in [0.4, 0.5) is 0 Å². The van der Waals surface area contributed by atoms with Crippen molar-refractivity contribution in [3.63, 3.8) is 0 Å². The maximum absolute atomic E-state index is 13.7. The molecule has 3 aromatic rings. The molecule has 0 atom stereocenters. The maximum atomic E-state index is 13.7. The highest BCUT2D eigenvalue weighted by Gasteiger charge is 2.22. The summed E-state index contributed by atoms with van der Waals surface area (Å²) in [5.41, 5.74) is 2.98. The molecule has 0 bridgehead atoms. The molecule has 0 aliphatic rings. The van der Waals surface area contributed by atoms with Crippen molar-refractivity contribution in [2.75, 3.05) is 32.8 Å². The van der Waals surface area contributed by atoms with Crippen LogP contribution < -0.4 is 0 Å². The van der Waals surface area contributed by atoms with Crippen molar-refractivity contribution in [1.29, 1.82) is 0 Å². The fraction of sp³-hybridized carbons (Fsp3) is 0.375. The quantitative estimate of drug-likeness (QED) is 0.169. The highest BCUT2D eigenvalue weighted by Crippen LogP contribution is 2.19. The SMILES string of the molecule is CCOCCCN(CC(=O)N(Cc1cccn1Cc1ccccc1Cl)CC(C)C)C(=O)/C=C/c1ccccc1. The Morgan fingerprint density at radius 2 is 1.74 bits per heavy atom. The van der Waals surface area contributed by atoms with E-state index in [1.807, 2.05) is 84.8 Å². The average Bonchev–Trinajstić information content (AvgIpc) is 3.36. The molecule has 208 valence electrons. The summed E-state index contributed by atoms with van der Waals surface area (Å²) in [7, 11) is 0. The molecule has 0 aliphatic carbocycles. The first-order valence-electron chi connectivity index (χ1n) is 13.6. The Bertz CT molecular complexity index is 1210. The minimum atomic E-state index is -0.185. The Morgan fingerprint density at radius 1 is 1.00 bits per heavy atom. The lowest BCUT2D eigenvalue weighted by Gasteiger charge is -2.29. The third-order valence-electron chi connectivity index (χ3n) is 6.29. The van der Waals surface area contributed by atoms with Crippen LogP contribution >= 0.6 is 11.6 Å². The normalized spacial score (nSPS) is 11.3. The van der Waals surface area contributed by atoms with E-state index in [0.29, 0.717) is 45.8 Å². The van der Waals surface area contributed by atoms with Gasteiger partial charge in [0.15, 0.2) is 0 Å². The van der Waals surface area contributed by atoms with Crippen LogP contribution in [0, 0.1) is 5.92 Å². The minimum Gasteiger partial charge on any atom is -0.382 e. The fourth-order valence-corrected chi connectivity index (χ4v) is 4.51. The van der Waals surface area contributed by atoms with Gasteiger partial charge in [0.25, 0.3) is 0 Å². The highest BCUT2D eigenvalue weighted by atomic mass is 35.5. The predicted octanol–water partition coefficient (Wildman–Crippen LogP) is 6.14. The number of halogens is 1. The molecule has 0 unspecified atom stereocenters. The zero-order valence-electron chi connectivity index (χ0n) is 23.3. The van der Waals surface area contributed by atoms with Gasteiger partial charge in [-0.05, 0) is 54.7 Å². The van der Waals surface area contributed by atoms with Crippen molar-refractivity contribution in [3.05, 3.63) is 101 Å². The van der Waals surface area contributed by atoms with Crippen LogP contribution in [0.5, 0.6) is 0 Å². The summed E-state index contributed by atoms with van der Waals surface area (Å²) in [6.07, 6.45) is 6.01. The Balaban J connectivity index is 1.74. The van der Waals surface area contributed by atoms with Gasteiger partial charge in [0, 0.05) is 55.8 Å². The van der Waals surface area contributed by atoms with Crippen molar-refractivity contribution in [3.8, 4) is 0 Å². The molecule has 1 heterocycles. The number of benzene rings is 2. The molecule has 39 heavy (non-hydrogen) atoms. The summed E-state index contributed by atoms with van der Waals surface area (Å²) in [4.78, 5) is 30.3. The summed E-state index contributed by atoms with van der Waals surface area (Å²) in [5, 5.41) is 0.719. The van der Waals surface area contributed by atoms with Crippen LogP contribution in [0.2, 0.25) is 5.02 Å². The molecule has 0 radical (unpaired) electrons. The molecular weight excluding hydrogens is 510 g/mol. The first kappa shape index (κ1) is 30.2. The number of hydrogen-bond donors (Lipinski definition) is 0. The van der Waals surface area contributed by atoms with E-state index in [-0.39, 0.29) is 24.3 Å². The van der Waals surface area contributed by atoms with Crippen molar-refractivity contribution >= 4 is 29.5 Å². The molecule has 0 aliphatic heterocycles. The van der Waals surface area contributed by atoms with Gasteiger partial charge in [-0.25, -0.2) is 0 Å². The van der Waals surface area contributed by atoms with Gasteiger partial charge in [0.05, 0.1) is 6.54 Å². The largest absolute Gasteiger partial charge is 0.382 e. The number of carbonyl (C=O) groups excluding carboxylic acids is 2. The topological polar surface area (TPSA) is 54.8 Å². The Kier molecular flexibility index (Phi) is 12.3. The molecule has 0 fully saturated rings. The summed E-state index contributed by atoms with van der Waals surface area (Å²) in [6, 6.07) is 21.5. The van der Waals surface area contributed by atoms with Crippen LogP contribution in [0.3, 0.4) is 0 Å². The first-order chi connectivity index (χ1) is 18.9. The smallest absolute Gasteiger partial charge is 0.247 e. The van der Waals surface area contributed by atoms with E-state index in [9.17, 15) is 9.59 Å². The van der Waals surface area contributed by atoms with Crippen LogP contribution in [0.25, 0.3) is 6.08 Å². The lowest BCUT2D eigenvalue weighted by molar-refractivity contribution is -0.139. The van der Waals surface area contributed by atoms with Crippen LogP contribution in [-0.2, 0) is 27.4 Å². The second kappa shape index (κ2) is 15.9. The summed E-state index contributed by atoms with van der Waals surface area (Å²) < 4.78 is 7.60. The molecule has 0 spiro atoms. The van der Waals surface area contributed by atoms with E-state index in [1.54, 1.807) is 17.1 Å². The number of hydrogen-bond acceptors (Lipinski definition) is 3. The highest BCUT2D eigenvalue weighted by molar-refractivity contribution is 6.31. The molecule has 1 aromatic heterocycles. The van der Waals surface area contributed by atoms with Gasteiger partial charge >= 0.3 is 0 Å². The van der Waals surface area contributed by atoms with E-state index in [0.717, 1.165) is 21.8 Å². The van der Waals surface area contributed by atoms with Gasteiger partial charge in [0.2, 0.25) is 11.8 Å². The zero-order valence-corrected chi connectivity index (χ0v) is 24.0. The lowest BCUT2D eigenvalue weighted by Crippen LogP contribution is -2.44. The van der Waals surface area contributed by atoms with Crippen molar-refractivity contribution in [1.82, 2.24) is 14.4 Å². The summed E-state index contributed by atoms with van der Waals surface area (Å²) in [6.45, 7) is 9.43. The minimum absolute atomic E-state index is 0.0159. The third kappa shape index (κ3) is 10.0. The monoisotopic (exact) mass is 549 g/mol. The van der Waals surface area contributed by atoms with Crippen LogP contribution in [0.15, 0.2) is 79.0 Å². The van der Waals surface area contributed by atoms with E-state index in [4.69, 9.17) is 16.3 Å². The molecule has 6 nitrogen and oxygen atoms in total. The molecule has 0 N–H and O–H groups in total. The lowest BCUT2D eigenvalue weighted by atomic mass is 10.2. The standard InChI is InChI=1S/C32H40ClN3O3/c1-4-39-21-11-20-35(31(37)18-17-27-12-6-5-7-13-27)25-32(38)36(22-26(2)3)24-29-15-10-19-34(29)23-28-14-8-9-16-30(28)33/h5-10,12-19,26H,4,11,20-25H2,1-3H3/b18-17+. The molecule has 7 heteroatoms. The second-order valence-electron chi connectivity index (χ2n) is 9.94. The molecular formula is C32H40ClN3O3. The average molecular weight is 550 g/mol. The van der Waals surface area contributed by atoms with E-state index in [2.05, 4.69) is 18.4 Å². The van der Waals surface area contributed by atoms with E-state index < -0.39 is 0 Å². The number of carbonyl (C=O) groups is 2. The third-order valence-corrected chi connectivity index (χ3v) is 6.66. The molecule has 0 saturated heterocycles. The van der Waals surface area contributed by atoms with E-state index >= 15 is 0 Å². The van der Waals surface area contributed by atoms with Gasteiger partial charge in [-0.3, -0.25) is 9.59 Å². The van der Waals surface area contributed by atoms with Crippen LogP contribution in [-0.4, -0.2) is 59.0 Å². The van der Waals surface area contributed by atoms with Crippen molar-refractivity contribution < 1.29 is 14.3 Å². The van der Waals surface area contributed by atoms with Crippen molar-refractivity contribution in [2.45, 2.75) is 40.3 Å². The number of amides is 2. The first-order valence-corrected chi connectivity index (χ1v) is 14.0. The summed E-state index contributed by atoms with van der Waals surface area (Å²) in [5.74, 6) is 0.0170. The van der Waals surface area contributed by atoms with E-state index in [1.165, 1.54) is 0 Å². The predicted molar refractivity (Wildman–Crippen MR) is 158 cm³/mol. The Labute approximate surface area is 237 Å². The zero-order chi connectivity index (χ0) is 28.0. The molecule has 3 rings (SSSR count). The number of rotatable bonds is 15. The van der Waals surface area contributed by atoms with Gasteiger partial charge < -0.3 is 19.1 Å². The van der Waals surface area contributed by atoms with Crippen LogP contribution in [0.1, 0.15) is 44.0 Å². The Morgan fingerprint density at radius 3 is 2.46 bits per heavy atom. The number of ether oxygens (including phenoxy) is 1. The molecule has 0 saturated carbocycles. The van der Waals surface area contributed by atoms with Gasteiger partial charge in [-0.15, -0.1) is 0 Å². The summed E-state index contributed by atoms with van der Waals surface area (Å²) >= 11 is 6.40. The number of nitrogens with zero attached hydrogens (tertiary/aromatic N) is 3.